The Morgan fingerprint density at radius 2 is 2.06 bits per heavy atom. The Morgan fingerprint density at radius 3 is 2.69 bits per heavy atom. The molecule has 0 aliphatic carbocycles. The van der Waals surface area contributed by atoms with Crippen molar-refractivity contribution in [2.45, 2.75) is 6.92 Å². The van der Waals surface area contributed by atoms with Gasteiger partial charge in [-0.3, -0.25) is 0 Å². The summed E-state index contributed by atoms with van der Waals surface area (Å²) in [6, 6.07) is 7.91. The molecular weight excluding hydrogens is 272 g/mol. The standard InChI is InChI=1S/C10H11BrN4O/c1-2-16-10-13-9(12)15(14-10)8-5-3-7(11)4-6-8/h3-6H,2H2,1H3,(H2,12,13,14). The summed E-state index contributed by atoms with van der Waals surface area (Å²) in [4.78, 5) is 3.99. The monoisotopic (exact) mass is 282 g/mol. The molecule has 84 valence electrons. The quantitative estimate of drug-likeness (QED) is 0.935. The third kappa shape index (κ3) is 2.16. The van der Waals surface area contributed by atoms with Crippen molar-refractivity contribution in [3.05, 3.63) is 28.7 Å². The van der Waals surface area contributed by atoms with Gasteiger partial charge in [-0.2, -0.15) is 9.67 Å². The van der Waals surface area contributed by atoms with Crippen LogP contribution in [0.25, 0.3) is 5.69 Å². The van der Waals surface area contributed by atoms with E-state index in [1.807, 2.05) is 31.2 Å². The average molecular weight is 283 g/mol. The van der Waals surface area contributed by atoms with Crippen LogP contribution in [0.1, 0.15) is 6.92 Å². The molecule has 0 amide bonds. The molecule has 2 rings (SSSR count). The first-order valence-corrected chi connectivity index (χ1v) is 5.61. The van der Waals surface area contributed by atoms with E-state index >= 15 is 0 Å². The molecule has 0 radical (unpaired) electrons. The largest absolute Gasteiger partial charge is 0.463 e. The molecule has 2 aromatic rings. The second-order valence-electron chi connectivity index (χ2n) is 3.07. The smallest absolute Gasteiger partial charge is 0.337 e. The van der Waals surface area contributed by atoms with Gasteiger partial charge in [0.05, 0.1) is 12.3 Å². The number of hydrogen-bond acceptors (Lipinski definition) is 4. The highest BCUT2D eigenvalue weighted by molar-refractivity contribution is 9.10. The van der Waals surface area contributed by atoms with Gasteiger partial charge in [-0.05, 0) is 31.2 Å². The van der Waals surface area contributed by atoms with E-state index in [2.05, 4.69) is 26.0 Å². The van der Waals surface area contributed by atoms with Crippen LogP contribution in [0.3, 0.4) is 0 Å². The summed E-state index contributed by atoms with van der Waals surface area (Å²) < 4.78 is 7.72. The molecule has 0 fully saturated rings. The minimum atomic E-state index is 0.294. The molecule has 0 unspecified atom stereocenters. The fraction of sp³-hybridized carbons (Fsp3) is 0.200. The van der Waals surface area contributed by atoms with Gasteiger partial charge in [-0.15, -0.1) is 5.10 Å². The number of anilines is 1. The van der Waals surface area contributed by atoms with E-state index < -0.39 is 0 Å². The maximum atomic E-state index is 5.74. The van der Waals surface area contributed by atoms with Gasteiger partial charge in [-0.1, -0.05) is 15.9 Å². The Labute approximate surface area is 101 Å². The van der Waals surface area contributed by atoms with Crippen LogP contribution in [0.15, 0.2) is 28.7 Å². The number of rotatable bonds is 3. The molecule has 0 aliphatic heterocycles. The van der Waals surface area contributed by atoms with Crippen molar-refractivity contribution >= 4 is 21.9 Å². The van der Waals surface area contributed by atoms with Crippen LogP contribution in [0.2, 0.25) is 0 Å². The van der Waals surface area contributed by atoms with Crippen molar-refractivity contribution in [3.63, 3.8) is 0 Å². The molecule has 0 saturated heterocycles. The van der Waals surface area contributed by atoms with Crippen molar-refractivity contribution in [2.24, 2.45) is 0 Å². The van der Waals surface area contributed by atoms with Crippen molar-refractivity contribution in [2.75, 3.05) is 12.3 Å². The number of nitrogen functional groups attached to an aromatic ring is 1. The molecule has 0 atom stereocenters. The highest BCUT2D eigenvalue weighted by atomic mass is 79.9. The number of benzene rings is 1. The van der Waals surface area contributed by atoms with E-state index in [4.69, 9.17) is 10.5 Å². The van der Waals surface area contributed by atoms with Gasteiger partial charge >= 0.3 is 6.01 Å². The maximum Gasteiger partial charge on any atom is 0.337 e. The van der Waals surface area contributed by atoms with Crippen molar-refractivity contribution in [1.82, 2.24) is 14.8 Å². The van der Waals surface area contributed by atoms with Crippen molar-refractivity contribution in [1.29, 1.82) is 0 Å². The van der Waals surface area contributed by atoms with Crippen LogP contribution in [-0.2, 0) is 0 Å². The van der Waals surface area contributed by atoms with Crippen molar-refractivity contribution in [3.8, 4) is 11.7 Å². The van der Waals surface area contributed by atoms with Gasteiger partial charge in [0.15, 0.2) is 0 Å². The third-order valence-corrected chi connectivity index (χ3v) is 2.49. The van der Waals surface area contributed by atoms with Crippen LogP contribution in [0.5, 0.6) is 6.01 Å². The van der Waals surface area contributed by atoms with Gasteiger partial charge in [0.1, 0.15) is 0 Å². The normalized spacial score (nSPS) is 10.4. The average Bonchev–Trinajstić information content (AvgIpc) is 2.61. The Hall–Kier alpha value is -1.56. The summed E-state index contributed by atoms with van der Waals surface area (Å²) in [5, 5.41) is 4.14. The summed E-state index contributed by atoms with van der Waals surface area (Å²) in [7, 11) is 0. The summed E-state index contributed by atoms with van der Waals surface area (Å²) in [5.74, 6) is 0.311. The van der Waals surface area contributed by atoms with Crippen LogP contribution < -0.4 is 10.5 Å². The Kier molecular flexibility index (Phi) is 3.09. The molecule has 0 saturated carbocycles. The molecule has 2 N–H and O–H groups in total. The third-order valence-electron chi connectivity index (χ3n) is 1.96. The first kappa shape index (κ1) is 10.9. The number of nitrogens with zero attached hydrogens (tertiary/aromatic N) is 3. The summed E-state index contributed by atoms with van der Waals surface area (Å²) >= 11 is 3.37. The van der Waals surface area contributed by atoms with E-state index in [0.29, 0.717) is 18.6 Å². The lowest BCUT2D eigenvalue weighted by Gasteiger charge is -2.01. The second-order valence-corrected chi connectivity index (χ2v) is 3.99. The summed E-state index contributed by atoms with van der Waals surface area (Å²) in [5.41, 5.74) is 6.59. The fourth-order valence-electron chi connectivity index (χ4n) is 1.27. The van der Waals surface area contributed by atoms with E-state index in [9.17, 15) is 0 Å². The summed E-state index contributed by atoms with van der Waals surface area (Å²) in [6.45, 7) is 2.39. The van der Waals surface area contributed by atoms with Gasteiger partial charge < -0.3 is 10.5 Å². The first-order chi connectivity index (χ1) is 7.70. The number of ether oxygens (including phenoxy) is 1. The second kappa shape index (κ2) is 4.52. The highest BCUT2D eigenvalue weighted by Gasteiger charge is 2.08. The molecule has 0 bridgehead atoms. The molecular formula is C10H11BrN4O. The topological polar surface area (TPSA) is 66.0 Å². The molecule has 5 nitrogen and oxygen atoms in total. The first-order valence-electron chi connectivity index (χ1n) is 4.82. The molecule has 0 aliphatic rings. The van der Waals surface area contributed by atoms with E-state index in [0.717, 1.165) is 10.2 Å². The predicted octanol–water partition coefficient (Wildman–Crippen LogP) is 2.01. The molecule has 6 heteroatoms. The van der Waals surface area contributed by atoms with Gasteiger partial charge in [-0.25, -0.2) is 0 Å². The highest BCUT2D eigenvalue weighted by Crippen LogP contribution is 2.17. The number of hydrogen-bond donors (Lipinski definition) is 1. The minimum absolute atomic E-state index is 0.294. The van der Waals surface area contributed by atoms with Gasteiger partial charge in [0.25, 0.3) is 0 Å². The fourth-order valence-corrected chi connectivity index (χ4v) is 1.53. The number of halogens is 1. The van der Waals surface area contributed by atoms with Crippen LogP contribution in [0, 0.1) is 0 Å². The number of nitrogens with two attached hydrogens (primary N) is 1. The van der Waals surface area contributed by atoms with Gasteiger partial charge in [0.2, 0.25) is 5.95 Å². The van der Waals surface area contributed by atoms with Crippen LogP contribution in [-0.4, -0.2) is 21.4 Å². The zero-order chi connectivity index (χ0) is 11.5. The number of aromatic nitrogens is 3. The van der Waals surface area contributed by atoms with Crippen LogP contribution in [0.4, 0.5) is 5.95 Å². The minimum Gasteiger partial charge on any atom is -0.463 e. The SMILES string of the molecule is CCOc1nc(N)n(-c2ccc(Br)cc2)n1. The summed E-state index contributed by atoms with van der Waals surface area (Å²) in [6.07, 6.45) is 0. The molecule has 0 spiro atoms. The molecule has 16 heavy (non-hydrogen) atoms. The maximum absolute atomic E-state index is 5.74. The molecule has 1 aromatic carbocycles. The van der Waals surface area contributed by atoms with E-state index in [1.165, 1.54) is 4.68 Å². The zero-order valence-electron chi connectivity index (χ0n) is 8.72. The lowest BCUT2D eigenvalue weighted by Crippen LogP contribution is -2.02. The van der Waals surface area contributed by atoms with Gasteiger partial charge in [0, 0.05) is 4.47 Å². The Bertz CT molecular complexity index is 480. The zero-order valence-corrected chi connectivity index (χ0v) is 10.3. The van der Waals surface area contributed by atoms with E-state index in [1.54, 1.807) is 0 Å². The Balaban J connectivity index is 2.36. The predicted molar refractivity (Wildman–Crippen MR) is 64.6 cm³/mol. The Morgan fingerprint density at radius 1 is 1.38 bits per heavy atom. The lowest BCUT2D eigenvalue weighted by molar-refractivity contribution is 0.312. The molecule has 1 heterocycles. The van der Waals surface area contributed by atoms with E-state index in [-0.39, 0.29) is 0 Å². The van der Waals surface area contributed by atoms with Crippen molar-refractivity contribution < 1.29 is 4.74 Å². The van der Waals surface area contributed by atoms with Crippen LogP contribution >= 0.6 is 15.9 Å². The lowest BCUT2D eigenvalue weighted by atomic mass is 10.3. The molecule has 1 aromatic heterocycles.